The van der Waals surface area contributed by atoms with Crippen molar-refractivity contribution in [1.29, 1.82) is 5.26 Å². The number of carbonyl (C=O) groups excluding carboxylic acids is 1. The number of aromatic nitrogens is 2. The smallest absolute Gasteiger partial charge is 0.251 e. The Hall–Kier alpha value is -2.65. The molecular formula is C19H22N4O2. The van der Waals surface area contributed by atoms with E-state index >= 15 is 0 Å². The van der Waals surface area contributed by atoms with E-state index in [1.54, 1.807) is 30.5 Å². The van der Waals surface area contributed by atoms with Gasteiger partial charge in [-0.05, 0) is 49.9 Å². The van der Waals surface area contributed by atoms with Crippen molar-refractivity contribution in [2.75, 3.05) is 13.2 Å². The van der Waals surface area contributed by atoms with Gasteiger partial charge in [-0.1, -0.05) is 0 Å². The first-order valence-electron chi connectivity index (χ1n) is 8.62. The number of hydrogen-bond acceptors (Lipinski definition) is 4. The molecule has 1 unspecified atom stereocenters. The average Bonchev–Trinajstić information content (AvgIpc) is 3.15. The van der Waals surface area contributed by atoms with E-state index in [0.717, 1.165) is 25.2 Å². The van der Waals surface area contributed by atoms with Gasteiger partial charge in [-0.2, -0.15) is 5.26 Å². The lowest BCUT2D eigenvalue weighted by atomic mass is 9.90. The highest BCUT2D eigenvalue weighted by molar-refractivity contribution is 5.94. The molecule has 130 valence electrons. The Labute approximate surface area is 147 Å². The number of hydrogen-bond donors (Lipinski definition) is 1. The molecular weight excluding hydrogens is 316 g/mol. The maximum Gasteiger partial charge on any atom is 0.251 e. The Bertz CT molecular complexity index is 754. The summed E-state index contributed by atoms with van der Waals surface area (Å²) in [5, 5.41) is 12.0. The molecule has 1 atom stereocenters. The summed E-state index contributed by atoms with van der Waals surface area (Å²) in [6, 6.07) is 8.59. The third-order valence-electron chi connectivity index (χ3n) is 4.67. The van der Waals surface area contributed by atoms with Crippen molar-refractivity contribution >= 4 is 5.91 Å². The number of imidazole rings is 1. The van der Waals surface area contributed by atoms with Crippen molar-refractivity contribution in [2.45, 2.75) is 32.4 Å². The molecule has 0 bridgehead atoms. The molecule has 0 aliphatic carbocycles. The molecule has 1 aliphatic heterocycles. The van der Waals surface area contributed by atoms with Crippen LogP contribution in [0.15, 0.2) is 36.7 Å². The van der Waals surface area contributed by atoms with E-state index in [2.05, 4.69) is 27.9 Å². The summed E-state index contributed by atoms with van der Waals surface area (Å²) in [7, 11) is 0. The van der Waals surface area contributed by atoms with Crippen LogP contribution in [-0.4, -0.2) is 28.7 Å². The van der Waals surface area contributed by atoms with Crippen molar-refractivity contribution in [1.82, 2.24) is 14.9 Å². The van der Waals surface area contributed by atoms with Gasteiger partial charge in [0.2, 0.25) is 0 Å². The maximum absolute atomic E-state index is 12.7. The van der Waals surface area contributed by atoms with Crippen molar-refractivity contribution < 1.29 is 9.53 Å². The number of rotatable bonds is 5. The SMILES string of the molecule is CCn1ccnc1C(NC(=O)c1ccc(C#N)cc1)C1CCOCC1. The van der Waals surface area contributed by atoms with Crippen molar-refractivity contribution in [3.05, 3.63) is 53.6 Å². The van der Waals surface area contributed by atoms with E-state index in [4.69, 9.17) is 10.00 Å². The highest BCUT2D eigenvalue weighted by Gasteiger charge is 2.30. The summed E-state index contributed by atoms with van der Waals surface area (Å²) in [6.45, 7) is 4.29. The van der Waals surface area contributed by atoms with Crippen LogP contribution in [0.2, 0.25) is 0 Å². The van der Waals surface area contributed by atoms with Gasteiger partial charge in [-0.25, -0.2) is 4.98 Å². The second kappa shape index (κ2) is 7.95. The van der Waals surface area contributed by atoms with Crippen molar-refractivity contribution in [3.8, 4) is 6.07 Å². The van der Waals surface area contributed by atoms with Gasteiger partial charge in [0.05, 0.1) is 17.7 Å². The summed E-state index contributed by atoms with van der Waals surface area (Å²) in [6.07, 6.45) is 5.51. The minimum atomic E-state index is -0.151. The van der Waals surface area contributed by atoms with Gasteiger partial charge in [0.1, 0.15) is 5.82 Å². The van der Waals surface area contributed by atoms with Crippen LogP contribution in [-0.2, 0) is 11.3 Å². The average molecular weight is 338 g/mol. The van der Waals surface area contributed by atoms with E-state index in [0.29, 0.717) is 30.3 Å². The van der Waals surface area contributed by atoms with Gasteiger partial charge in [0, 0.05) is 37.7 Å². The molecule has 1 saturated heterocycles. The first-order valence-corrected chi connectivity index (χ1v) is 8.62. The Kier molecular flexibility index (Phi) is 5.46. The first-order chi connectivity index (χ1) is 12.2. The lowest BCUT2D eigenvalue weighted by Gasteiger charge is -2.31. The van der Waals surface area contributed by atoms with Crippen LogP contribution in [0.3, 0.4) is 0 Å². The molecule has 3 rings (SSSR count). The van der Waals surface area contributed by atoms with Gasteiger partial charge >= 0.3 is 0 Å². The predicted molar refractivity (Wildman–Crippen MR) is 92.8 cm³/mol. The molecule has 1 amide bonds. The Morgan fingerprint density at radius 1 is 1.40 bits per heavy atom. The minimum absolute atomic E-state index is 0.147. The van der Waals surface area contributed by atoms with E-state index in [9.17, 15) is 4.79 Å². The van der Waals surface area contributed by atoms with Crippen LogP contribution in [0.25, 0.3) is 0 Å². The highest BCUT2D eigenvalue weighted by atomic mass is 16.5. The fourth-order valence-electron chi connectivity index (χ4n) is 3.23. The Morgan fingerprint density at radius 2 is 2.12 bits per heavy atom. The summed E-state index contributed by atoms with van der Waals surface area (Å²) >= 11 is 0. The number of carbonyl (C=O) groups is 1. The summed E-state index contributed by atoms with van der Waals surface area (Å²) < 4.78 is 7.54. The van der Waals surface area contributed by atoms with Crippen LogP contribution >= 0.6 is 0 Å². The molecule has 6 heteroatoms. The van der Waals surface area contributed by atoms with Crippen molar-refractivity contribution in [3.63, 3.8) is 0 Å². The molecule has 1 aliphatic rings. The number of nitrogens with zero attached hydrogens (tertiary/aromatic N) is 3. The van der Waals surface area contributed by atoms with Crippen LogP contribution in [0, 0.1) is 17.2 Å². The van der Waals surface area contributed by atoms with E-state index in [1.807, 2.05) is 6.20 Å². The van der Waals surface area contributed by atoms with Gasteiger partial charge < -0.3 is 14.6 Å². The maximum atomic E-state index is 12.7. The second-order valence-corrected chi connectivity index (χ2v) is 6.16. The zero-order valence-corrected chi connectivity index (χ0v) is 14.3. The fraction of sp³-hybridized carbons (Fsp3) is 0.421. The molecule has 2 heterocycles. The number of nitriles is 1. The zero-order chi connectivity index (χ0) is 17.6. The Morgan fingerprint density at radius 3 is 2.76 bits per heavy atom. The topological polar surface area (TPSA) is 79.9 Å². The molecule has 0 saturated carbocycles. The molecule has 1 aromatic carbocycles. The van der Waals surface area contributed by atoms with Crippen LogP contribution < -0.4 is 5.32 Å². The van der Waals surface area contributed by atoms with Crippen LogP contribution in [0.5, 0.6) is 0 Å². The number of ether oxygens (including phenoxy) is 1. The quantitative estimate of drug-likeness (QED) is 0.909. The summed E-state index contributed by atoms with van der Waals surface area (Å²) in [5.74, 6) is 1.03. The molecule has 0 radical (unpaired) electrons. The third kappa shape index (κ3) is 3.89. The normalized spacial score (nSPS) is 16.2. The van der Waals surface area contributed by atoms with Gasteiger partial charge in [0.15, 0.2) is 0 Å². The molecule has 1 fully saturated rings. The number of benzene rings is 1. The lowest BCUT2D eigenvalue weighted by molar-refractivity contribution is 0.0498. The standard InChI is InChI=1S/C19H22N4O2/c1-2-23-10-9-21-18(23)17(15-7-11-25-12-8-15)22-19(24)16-5-3-14(13-20)4-6-16/h3-6,9-10,15,17H,2,7-8,11-12H2,1H3,(H,22,24). The molecule has 25 heavy (non-hydrogen) atoms. The van der Waals surface area contributed by atoms with Crippen LogP contribution in [0.1, 0.15) is 47.6 Å². The lowest BCUT2D eigenvalue weighted by Crippen LogP contribution is -2.37. The number of nitrogens with one attached hydrogen (secondary N) is 1. The molecule has 1 aromatic heterocycles. The zero-order valence-electron chi connectivity index (χ0n) is 14.3. The van der Waals surface area contributed by atoms with Gasteiger partial charge in [-0.3, -0.25) is 4.79 Å². The monoisotopic (exact) mass is 338 g/mol. The molecule has 6 nitrogen and oxygen atoms in total. The molecule has 1 N–H and O–H groups in total. The van der Waals surface area contributed by atoms with Gasteiger partial charge in [0.25, 0.3) is 5.91 Å². The summed E-state index contributed by atoms with van der Waals surface area (Å²) in [5.41, 5.74) is 1.09. The molecule has 0 spiro atoms. The highest BCUT2D eigenvalue weighted by Crippen LogP contribution is 2.29. The largest absolute Gasteiger partial charge is 0.381 e. The van der Waals surface area contributed by atoms with E-state index < -0.39 is 0 Å². The first kappa shape index (κ1) is 17.2. The fourth-order valence-corrected chi connectivity index (χ4v) is 3.23. The minimum Gasteiger partial charge on any atom is -0.381 e. The van der Waals surface area contributed by atoms with Gasteiger partial charge in [-0.15, -0.1) is 0 Å². The van der Waals surface area contributed by atoms with Crippen LogP contribution in [0.4, 0.5) is 0 Å². The Balaban J connectivity index is 1.83. The predicted octanol–water partition coefficient (Wildman–Crippen LogP) is 2.67. The van der Waals surface area contributed by atoms with E-state index in [-0.39, 0.29) is 11.9 Å². The van der Waals surface area contributed by atoms with Crippen molar-refractivity contribution in [2.24, 2.45) is 5.92 Å². The second-order valence-electron chi connectivity index (χ2n) is 6.16. The number of aryl methyl sites for hydroxylation is 1. The van der Waals surface area contributed by atoms with E-state index in [1.165, 1.54) is 0 Å². The number of amides is 1. The molecule has 2 aromatic rings. The third-order valence-corrected chi connectivity index (χ3v) is 4.67. The summed E-state index contributed by atoms with van der Waals surface area (Å²) in [4.78, 5) is 17.2.